The molecule has 0 aliphatic heterocycles. The van der Waals surface area contributed by atoms with E-state index in [4.69, 9.17) is 0 Å². The van der Waals surface area contributed by atoms with Gasteiger partial charge < -0.3 is 0 Å². The van der Waals surface area contributed by atoms with E-state index in [1.807, 2.05) is 0 Å². The summed E-state index contributed by atoms with van der Waals surface area (Å²) in [4.78, 5) is 0. The predicted molar refractivity (Wildman–Crippen MR) is 279 cm³/mol. The van der Waals surface area contributed by atoms with Crippen molar-refractivity contribution in [3.63, 3.8) is 0 Å². The monoisotopic (exact) mass is 868 g/mol. The average molecular weight is 870 g/mol. The lowest BCUT2D eigenvalue weighted by molar-refractivity contribution is 1.73. The Morgan fingerprint density at radius 2 is 0.500 bits per heavy atom. The molecule has 0 amide bonds. The Morgan fingerprint density at radius 1 is 0.286 bits per heavy atom. The van der Waals surface area contributed by atoms with Gasteiger partial charge in [0.15, 0.2) is 0 Å². The van der Waals surface area contributed by atoms with Gasteiger partial charge in [-0.1, -0.05) is 178 Å². The van der Waals surface area contributed by atoms with Crippen LogP contribution in [0.5, 0.6) is 0 Å². The minimum absolute atomic E-state index is 1.23. The van der Waals surface area contributed by atoms with Crippen LogP contribution in [0.15, 0.2) is 84.9 Å². The lowest BCUT2D eigenvalue weighted by Crippen LogP contribution is -2.82. The second-order valence-corrected chi connectivity index (χ2v) is 103. The Balaban J connectivity index is 1.91. The number of hydrogen-bond donors (Lipinski definition) is 0. The quantitative estimate of drug-likeness (QED) is 0.0889. The smallest absolute Gasteiger partial charge is 0.115 e. The maximum atomic E-state index is 4.48. The van der Waals surface area contributed by atoms with Crippen molar-refractivity contribution in [3.8, 4) is 22.9 Å². The summed E-state index contributed by atoms with van der Waals surface area (Å²) in [6.45, 7) is 44.0. The molecule has 0 fully saturated rings. The van der Waals surface area contributed by atoms with Crippen molar-refractivity contribution in [1.29, 1.82) is 0 Å². The van der Waals surface area contributed by atoms with Crippen molar-refractivity contribution in [2.45, 2.75) is 118 Å². The van der Waals surface area contributed by atoms with Crippen molar-refractivity contribution in [1.82, 2.24) is 0 Å². The molecule has 0 nitrogen and oxygen atoms in total. The van der Waals surface area contributed by atoms with E-state index in [-0.39, 0.29) is 0 Å². The van der Waals surface area contributed by atoms with E-state index in [0.717, 1.165) is 0 Å². The first-order valence-corrected chi connectivity index (χ1v) is 51.9. The summed E-state index contributed by atoms with van der Waals surface area (Å²) in [5.41, 5.74) is 11.4. The second kappa shape index (κ2) is 14.1. The maximum Gasteiger partial charge on any atom is 0.115 e. The zero-order valence-electron chi connectivity index (χ0n) is 38.1. The van der Waals surface area contributed by atoms with Gasteiger partial charge in [-0.25, -0.2) is 0 Å². The number of benzene rings is 6. The first kappa shape index (κ1) is 43.1. The molecule has 0 N–H and O–H groups in total. The summed E-state index contributed by atoms with van der Waals surface area (Å²) in [6, 6.07) is 32.6. The zero-order chi connectivity index (χ0) is 41.7. The Kier molecular flexibility index (Phi) is 10.8. The van der Waals surface area contributed by atoms with Crippen LogP contribution in [0.4, 0.5) is 0 Å². The van der Waals surface area contributed by atoms with Gasteiger partial charge in [-0.05, 0) is 90.3 Å². The number of hydrogen-bond acceptors (Lipinski definition) is 0. The Hall–Kier alpha value is -2.52. The summed E-state index contributed by atoms with van der Waals surface area (Å²) < 4.78 is 0. The molecule has 0 bridgehead atoms. The van der Waals surface area contributed by atoms with Crippen LogP contribution in [-0.2, 0) is 0 Å². The van der Waals surface area contributed by atoms with Gasteiger partial charge in [0.1, 0.15) is 13.3 Å². The molecule has 0 saturated heterocycles. The highest BCUT2D eigenvalue weighted by Crippen LogP contribution is 2.41. The van der Waals surface area contributed by atoms with E-state index in [0.29, 0.717) is 0 Å². The summed E-state index contributed by atoms with van der Waals surface area (Å²) in [5, 5.41) is 12.9. The van der Waals surface area contributed by atoms with Crippen LogP contribution in [0.1, 0.15) is 11.1 Å². The molecule has 6 rings (SSSR count). The molecule has 0 aliphatic carbocycles. The Morgan fingerprint density at radius 3 is 0.732 bits per heavy atom. The SMILES string of the molecule is C[Si](C)(C)[Si](C#Cc1c2cc3ccccc3cc2c(C#C[Si]([Si](C)(C)C)([Si](C)(C)C)[Si](C)(C)C)c2cc3cc4ccccc4cc3cc12)([Si](C)(C)C)[Si](C)(C)C. The Bertz CT molecular complexity index is 2400. The van der Waals surface area contributed by atoms with E-state index in [2.05, 4.69) is 226 Å². The topological polar surface area (TPSA) is 0 Å². The molecule has 0 heterocycles. The average Bonchev–Trinajstić information content (AvgIpc) is 3.03. The van der Waals surface area contributed by atoms with Crippen molar-refractivity contribution in [3.05, 3.63) is 96.1 Å². The van der Waals surface area contributed by atoms with Crippen LogP contribution >= 0.6 is 0 Å². The number of rotatable bonds is 6. The highest BCUT2D eigenvalue weighted by molar-refractivity contribution is 7.92. The molecule has 56 heavy (non-hydrogen) atoms. The van der Waals surface area contributed by atoms with E-state index < -0.39 is 58.8 Å². The summed E-state index contributed by atoms with van der Waals surface area (Å²) >= 11 is 0. The van der Waals surface area contributed by atoms with Gasteiger partial charge in [0.25, 0.3) is 0 Å². The van der Waals surface area contributed by atoms with Gasteiger partial charge in [0.05, 0.1) is 0 Å². The molecule has 292 valence electrons. The molecule has 0 atom stereocenters. The van der Waals surface area contributed by atoms with Crippen molar-refractivity contribution < 1.29 is 0 Å². The predicted octanol–water partition coefficient (Wildman–Crippen LogP) is 14.6. The molecule has 0 saturated carbocycles. The largest absolute Gasteiger partial charge is 0.135 e. The fraction of sp³-hybridized carbons (Fsp3) is 0.375. The molecule has 0 radical (unpaired) electrons. The van der Waals surface area contributed by atoms with Crippen LogP contribution in [-0.4, -0.2) is 58.8 Å². The minimum Gasteiger partial charge on any atom is -0.135 e. The van der Waals surface area contributed by atoms with Crippen LogP contribution in [0, 0.1) is 22.9 Å². The fourth-order valence-electron chi connectivity index (χ4n) is 12.8. The standard InChI is InChI=1S/C48H68Si8/c1-49(2,3)55(50(4,5)6,51(7,8)9)29-27-43-45-33-39-25-21-22-26-40(39)34-46(45)44(28-30-56(52(10,11)12,53(13,14)15)54(16,17)18)48-36-42-32-38-24-20-19-23-37(38)31-41(42)35-47(43)48/h19-26,31-36H,1-18H3. The van der Waals surface area contributed by atoms with Gasteiger partial charge >= 0.3 is 0 Å². The van der Waals surface area contributed by atoms with Gasteiger partial charge in [-0.2, -0.15) is 0 Å². The first-order chi connectivity index (χ1) is 25.6. The van der Waals surface area contributed by atoms with Crippen molar-refractivity contribution >= 4 is 113 Å². The molecule has 0 spiro atoms. The molecular formula is C48H68Si8. The normalized spacial score (nSPS) is 14.0. The summed E-state index contributed by atoms with van der Waals surface area (Å²) in [6.07, 6.45) is 0. The zero-order valence-corrected chi connectivity index (χ0v) is 46.1. The lowest BCUT2D eigenvalue weighted by atomic mass is 9.88. The number of fused-ring (bicyclic) bond motifs is 5. The molecule has 8 heteroatoms. The molecule has 0 aliphatic rings. The molecule has 6 aromatic rings. The van der Waals surface area contributed by atoms with E-state index in [9.17, 15) is 0 Å². The van der Waals surface area contributed by atoms with Gasteiger partial charge in [-0.3, -0.25) is 0 Å². The third-order valence-corrected chi connectivity index (χ3v) is 152. The highest BCUT2D eigenvalue weighted by Gasteiger charge is 2.62. The second-order valence-electron chi connectivity index (χ2n) is 22.9. The van der Waals surface area contributed by atoms with Gasteiger partial charge in [0, 0.05) is 56.7 Å². The third kappa shape index (κ3) is 6.94. The van der Waals surface area contributed by atoms with Gasteiger partial charge in [0.2, 0.25) is 0 Å². The maximum absolute atomic E-state index is 4.48. The summed E-state index contributed by atoms with van der Waals surface area (Å²) in [5.74, 6) is 8.45. The first-order valence-electron chi connectivity index (χ1n) is 20.9. The van der Waals surface area contributed by atoms with Crippen LogP contribution in [0.25, 0.3) is 53.9 Å². The minimum atomic E-state index is -1.97. The van der Waals surface area contributed by atoms with Crippen molar-refractivity contribution in [2.24, 2.45) is 0 Å². The summed E-state index contributed by atoms with van der Waals surface area (Å²) in [7, 11) is -9.78. The van der Waals surface area contributed by atoms with E-state index in [1.54, 1.807) is 0 Å². The van der Waals surface area contributed by atoms with E-state index in [1.165, 1.54) is 65.0 Å². The van der Waals surface area contributed by atoms with E-state index >= 15 is 0 Å². The molecule has 0 unspecified atom stereocenters. The van der Waals surface area contributed by atoms with Crippen LogP contribution in [0.3, 0.4) is 0 Å². The van der Waals surface area contributed by atoms with Crippen molar-refractivity contribution in [2.75, 3.05) is 0 Å². The van der Waals surface area contributed by atoms with Crippen LogP contribution < -0.4 is 0 Å². The third-order valence-electron chi connectivity index (χ3n) is 13.3. The fourth-order valence-corrected chi connectivity index (χ4v) is 199. The molecule has 6 aromatic carbocycles. The highest BCUT2D eigenvalue weighted by atomic mass is 29.9. The Labute approximate surface area is 347 Å². The lowest BCUT2D eigenvalue weighted by Gasteiger charge is -2.53. The van der Waals surface area contributed by atoms with Crippen LogP contribution in [0.2, 0.25) is 118 Å². The van der Waals surface area contributed by atoms with Gasteiger partial charge in [-0.15, -0.1) is 11.1 Å². The molecular weight excluding hydrogens is 801 g/mol. The molecule has 0 aromatic heterocycles.